The van der Waals surface area contributed by atoms with E-state index in [2.05, 4.69) is 17.1 Å². The Labute approximate surface area is 116 Å². The molecule has 1 saturated heterocycles. The van der Waals surface area contributed by atoms with Gasteiger partial charge >= 0.3 is 0 Å². The van der Waals surface area contributed by atoms with Crippen LogP contribution >= 0.6 is 0 Å². The highest BCUT2D eigenvalue weighted by Crippen LogP contribution is 2.23. The summed E-state index contributed by atoms with van der Waals surface area (Å²) in [6.07, 6.45) is 3.84. The van der Waals surface area contributed by atoms with Gasteiger partial charge in [-0.2, -0.15) is 0 Å². The zero-order valence-corrected chi connectivity index (χ0v) is 12.2. The molecule has 1 fully saturated rings. The number of benzene rings is 1. The fourth-order valence-corrected chi connectivity index (χ4v) is 3.03. The Balaban J connectivity index is 2.10. The highest BCUT2D eigenvalue weighted by Gasteiger charge is 2.26. The maximum Gasteiger partial charge on any atom is 0.123 e. The molecule has 106 valence electrons. The van der Waals surface area contributed by atoms with E-state index in [0.717, 1.165) is 18.7 Å². The van der Waals surface area contributed by atoms with Gasteiger partial charge in [-0.3, -0.25) is 4.90 Å². The molecule has 2 atom stereocenters. The third kappa shape index (κ3) is 3.54. The summed E-state index contributed by atoms with van der Waals surface area (Å²) in [7, 11) is 2.03. The first kappa shape index (κ1) is 14.5. The van der Waals surface area contributed by atoms with Gasteiger partial charge in [0.25, 0.3) is 0 Å². The monoisotopic (exact) mass is 264 g/mol. The average Bonchev–Trinajstić information content (AvgIpc) is 2.41. The highest BCUT2D eigenvalue weighted by molar-refractivity contribution is 5.26. The number of piperidine rings is 1. The Hall–Kier alpha value is -0.930. The van der Waals surface area contributed by atoms with Crippen molar-refractivity contribution in [2.24, 2.45) is 0 Å². The largest absolute Gasteiger partial charge is 0.316 e. The van der Waals surface area contributed by atoms with Gasteiger partial charge in [-0.1, -0.05) is 12.5 Å². The highest BCUT2D eigenvalue weighted by atomic mass is 19.1. The van der Waals surface area contributed by atoms with Crippen molar-refractivity contribution in [3.8, 4) is 0 Å². The second kappa shape index (κ2) is 6.49. The number of hydrogen-bond donors (Lipinski definition) is 1. The number of nitrogens with zero attached hydrogens (tertiary/aromatic N) is 1. The first-order chi connectivity index (χ1) is 9.11. The minimum absolute atomic E-state index is 0.139. The minimum atomic E-state index is -0.139. The maximum absolute atomic E-state index is 13.2. The SMILES string of the molecule is CNC(C)C1CCCCN1Cc1ccc(F)cc1C. The zero-order chi connectivity index (χ0) is 13.8. The molecule has 1 aliphatic heterocycles. The van der Waals surface area contributed by atoms with E-state index >= 15 is 0 Å². The number of nitrogens with one attached hydrogen (secondary N) is 1. The molecule has 1 aromatic rings. The summed E-state index contributed by atoms with van der Waals surface area (Å²) in [6, 6.07) is 6.23. The number of likely N-dealkylation sites (N-methyl/N-ethyl adjacent to an activating group) is 1. The Bertz CT molecular complexity index is 419. The maximum atomic E-state index is 13.2. The van der Waals surface area contributed by atoms with Gasteiger partial charge in [-0.15, -0.1) is 0 Å². The number of rotatable bonds is 4. The van der Waals surface area contributed by atoms with Crippen LogP contribution in [0, 0.1) is 12.7 Å². The van der Waals surface area contributed by atoms with Crippen molar-refractivity contribution < 1.29 is 4.39 Å². The zero-order valence-electron chi connectivity index (χ0n) is 12.2. The van der Waals surface area contributed by atoms with Gasteiger partial charge in [-0.05, 0) is 63.5 Å². The second-order valence-corrected chi connectivity index (χ2v) is 5.68. The second-order valence-electron chi connectivity index (χ2n) is 5.68. The Morgan fingerprint density at radius 2 is 2.21 bits per heavy atom. The molecule has 2 unspecified atom stereocenters. The molecule has 1 aromatic carbocycles. The molecule has 0 aliphatic carbocycles. The molecular weight excluding hydrogens is 239 g/mol. The van der Waals surface area contributed by atoms with Crippen LogP contribution in [-0.2, 0) is 6.54 Å². The van der Waals surface area contributed by atoms with E-state index in [1.165, 1.54) is 24.8 Å². The van der Waals surface area contributed by atoms with E-state index in [1.54, 1.807) is 12.1 Å². The lowest BCUT2D eigenvalue weighted by molar-refractivity contribution is 0.114. The standard InChI is InChI=1S/C16H25FN2/c1-12-10-15(17)8-7-14(12)11-19-9-5-4-6-16(19)13(2)18-3/h7-8,10,13,16,18H,4-6,9,11H2,1-3H3. The molecule has 1 heterocycles. The van der Waals surface area contributed by atoms with Crippen LogP contribution in [0.25, 0.3) is 0 Å². The lowest BCUT2D eigenvalue weighted by Gasteiger charge is -2.39. The summed E-state index contributed by atoms with van der Waals surface area (Å²) >= 11 is 0. The van der Waals surface area contributed by atoms with Crippen molar-refractivity contribution >= 4 is 0 Å². The van der Waals surface area contributed by atoms with Gasteiger partial charge in [0.15, 0.2) is 0 Å². The molecule has 1 aliphatic rings. The molecule has 0 amide bonds. The Morgan fingerprint density at radius 1 is 1.42 bits per heavy atom. The minimum Gasteiger partial charge on any atom is -0.316 e. The number of aryl methyl sites for hydroxylation is 1. The van der Waals surface area contributed by atoms with Gasteiger partial charge in [-0.25, -0.2) is 4.39 Å². The number of halogens is 1. The molecule has 2 rings (SSSR count). The number of likely N-dealkylation sites (tertiary alicyclic amines) is 1. The lowest BCUT2D eigenvalue weighted by Crippen LogP contribution is -2.49. The van der Waals surface area contributed by atoms with E-state index in [4.69, 9.17) is 0 Å². The third-order valence-electron chi connectivity index (χ3n) is 4.37. The van der Waals surface area contributed by atoms with Crippen LogP contribution < -0.4 is 5.32 Å². The summed E-state index contributed by atoms with van der Waals surface area (Å²) in [5, 5.41) is 3.37. The van der Waals surface area contributed by atoms with E-state index in [-0.39, 0.29) is 5.82 Å². The van der Waals surface area contributed by atoms with Crippen LogP contribution in [0.5, 0.6) is 0 Å². The van der Waals surface area contributed by atoms with E-state index < -0.39 is 0 Å². The van der Waals surface area contributed by atoms with Crippen LogP contribution in [0.4, 0.5) is 4.39 Å². The molecule has 19 heavy (non-hydrogen) atoms. The third-order valence-corrected chi connectivity index (χ3v) is 4.37. The van der Waals surface area contributed by atoms with Gasteiger partial charge in [0.05, 0.1) is 0 Å². The van der Waals surface area contributed by atoms with E-state index in [9.17, 15) is 4.39 Å². The van der Waals surface area contributed by atoms with Crippen molar-refractivity contribution in [3.63, 3.8) is 0 Å². The van der Waals surface area contributed by atoms with Gasteiger partial charge in [0, 0.05) is 18.6 Å². The van der Waals surface area contributed by atoms with Crippen LogP contribution in [0.1, 0.15) is 37.3 Å². The fourth-order valence-electron chi connectivity index (χ4n) is 3.03. The van der Waals surface area contributed by atoms with Crippen molar-refractivity contribution in [1.82, 2.24) is 10.2 Å². The van der Waals surface area contributed by atoms with Gasteiger partial charge in [0.2, 0.25) is 0 Å². The molecule has 1 N–H and O–H groups in total. The molecule has 3 heteroatoms. The fraction of sp³-hybridized carbons (Fsp3) is 0.625. The molecule has 0 spiro atoms. The van der Waals surface area contributed by atoms with Crippen LogP contribution in [0.2, 0.25) is 0 Å². The van der Waals surface area contributed by atoms with E-state index in [0.29, 0.717) is 12.1 Å². The van der Waals surface area contributed by atoms with Crippen molar-refractivity contribution in [2.45, 2.75) is 51.7 Å². The Morgan fingerprint density at radius 3 is 2.89 bits per heavy atom. The summed E-state index contributed by atoms with van der Waals surface area (Å²) in [4.78, 5) is 2.55. The normalized spacial score (nSPS) is 22.4. The van der Waals surface area contributed by atoms with Crippen LogP contribution in [0.15, 0.2) is 18.2 Å². The Kier molecular flexibility index (Phi) is 4.94. The average molecular weight is 264 g/mol. The molecule has 2 nitrogen and oxygen atoms in total. The van der Waals surface area contributed by atoms with E-state index in [1.807, 2.05) is 20.0 Å². The summed E-state index contributed by atoms with van der Waals surface area (Å²) < 4.78 is 13.2. The molecular formula is C16H25FN2. The van der Waals surface area contributed by atoms with Crippen molar-refractivity contribution in [2.75, 3.05) is 13.6 Å². The van der Waals surface area contributed by atoms with Crippen LogP contribution in [-0.4, -0.2) is 30.6 Å². The molecule has 0 aromatic heterocycles. The van der Waals surface area contributed by atoms with Crippen molar-refractivity contribution in [1.29, 1.82) is 0 Å². The summed E-state index contributed by atoms with van der Waals surface area (Å²) in [6.45, 7) is 6.33. The first-order valence-corrected chi connectivity index (χ1v) is 7.28. The number of hydrogen-bond acceptors (Lipinski definition) is 2. The molecule has 0 bridgehead atoms. The van der Waals surface area contributed by atoms with Gasteiger partial charge < -0.3 is 5.32 Å². The van der Waals surface area contributed by atoms with Gasteiger partial charge in [0.1, 0.15) is 5.82 Å². The lowest BCUT2D eigenvalue weighted by atomic mass is 9.95. The quantitative estimate of drug-likeness (QED) is 0.899. The van der Waals surface area contributed by atoms with Crippen molar-refractivity contribution in [3.05, 3.63) is 35.1 Å². The first-order valence-electron chi connectivity index (χ1n) is 7.28. The smallest absolute Gasteiger partial charge is 0.123 e. The van der Waals surface area contributed by atoms with Crippen LogP contribution in [0.3, 0.4) is 0 Å². The summed E-state index contributed by atoms with van der Waals surface area (Å²) in [5.74, 6) is -0.139. The molecule has 0 radical (unpaired) electrons. The predicted octanol–water partition coefficient (Wildman–Crippen LogP) is 3.10. The molecule has 0 saturated carbocycles. The topological polar surface area (TPSA) is 15.3 Å². The summed E-state index contributed by atoms with van der Waals surface area (Å²) in [5.41, 5.74) is 2.30. The predicted molar refractivity (Wildman–Crippen MR) is 77.7 cm³/mol.